The summed E-state index contributed by atoms with van der Waals surface area (Å²) in [7, 11) is 0. The van der Waals surface area contributed by atoms with Crippen molar-refractivity contribution in [2.45, 2.75) is 50.4 Å². The molecule has 1 aromatic carbocycles. The summed E-state index contributed by atoms with van der Waals surface area (Å²) in [6.07, 6.45) is 2.96. The molecule has 2 atom stereocenters. The lowest BCUT2D eigenvalue weighted by Crippen LogP contribution is -2.54. The third-order valence-electron chi connectivity index (χ3n) is 6.69. The van der Waals surface area contributed by atoms with Gasteiger partial charge in [-0.3, -0.25) is 29.4 Å². The van der Waals surface area contributed by atoms with Gasteiger partial charge >= 0.3 is 0 Å². The number of ether oxygens (including phenoxy) is 1. The smallest absolute Gasteiger partial charge is 0.262 e. The monoisotopic (exact) mass is 444 g/mol. The van der Waals surface area contributed by atoms with Crippen molar-refractivity contribution in [1.29, 1.82) is 0 Å². The van der Waals surface area contributed by atoms with Crippen LogP contribution >= 0.6 is 0 Å². The topological polar surface area (TPSA) is 108 Å². The van der Waals surface area contributed by atoms with Gasteiger partial charge in [0.15, 0.2) is 0 Å². The molecular formula is C22H25FN4O5. The van der Waals surface area contributed by atoms with E-state index in [4.69, 9.17) is 4.74 Å². The Labute approximate surface area is 184 Å². The van der Waals surface area contributed by atoms with E-state index >= 15 is 0 Å². The first kappa shape index (κ1) is 21.0. The fourth-order valence-corrected chi connectivity index (χ4v) is 4.97. The number of hydrogen-bond acceptors (Lipinski definition) is 7. The molecule has 1 unspecified atom stereocenters. The van der Waals surface area contributed by atoms with Gasteiger partial charge in [-0.1, -0.05) is 0 Å². The fourth-order valence-electron chi connectivity index (χ4n) is 4.97. The van der Waals surface area contributed by atoms with Crippen LogP contribution in [0.2, 0.25) is 0 Å². The Bertz CT molecular complexity index is 985. The maximum atomic E-state index is 15.0. The number of benzene rings is 1. The zero-order valence-corrected chi connectivity index (χ0v) is 17.6. The van der Waals surface area contributed by atoms with Crippen molar-refractivity contribution in [2.24, 2.45) is 0 Å². The van der Waals surface area contributed by atoms with Crippen molar-refractivity contribution in [1.82, 2.24) is 15.5 Å². The molecule has 0 saturated carbocycles. The minimum absolute atomic E-state index is 0.0390. The quantitative estimate of drug-likeness (QED) is 0.654. The van der Waals surface area contributed by atoms with Crippen molar-refractivity contribution in [3.05, 3.63) is 29.1 Å². The molecule has 10 heteroatoms. The highest BCUT2D eigenvalue weighted by Crippen LogP contribution is 2.34. The number of halogens is 1. The number of carbonyl (C=O) groups is 4. The molecule has 0 bridgehead atoms. The van der Waals surface area contributed by atoms with Gasteiger partial charge in [0.25, 0.3) is 11.8 Å². The van der Waals surface area contributed by atoms with Gasteiger partial charge in [-0.05, 0) is 44.4 Å². The van der Waals surface area contributed by atoms with Gasteiger partial charge in [0.2, 0.25) is 11.8 Å². The first-order chi connectivity index (χ1) is 15.4. The van der Waals surface area contributed by atoms with Crippen LogP contribution < -0.4 is 15.5 Å². The molecule has 4 aliphatic heterocycles. The lowest BCUT2D eigenvalue weighted by Gasteiger charge is -2.35. The van der Waals surface area contributed by atoms with Gasteiger partial charge in [-0.2, -0.15) is 0 Å². The number of fused-ring (bicyclic) bond motifs is 1. The van der Waals surface area contributed by atoms with Crippen molar-refractivity contribution < 1.29 is 28.3 Å². The number of hydrogen-bond donors (Lipinski definition) is 2. The summed E-state index contributed by atoms with van der Waals surface area (Å²) in [5.74, 6) is -3.03. The average Bonchev–Trinajstić information content (AvgIpc) is 3.36. The van der Waals surface area contributed by atoms with Crippen LogP contribution in [-0.4, -0.2) is 73.0 Å². The van der Waals surface area contributed by atoms with Crippen LogP contribution in [0.15, 0.2) is 12.1 Å². The van der Waals surface area contributed by atoms with Crippen molar-refractivity contribution in [3.63, 3.8) is 0 Å². The van der Waals surface area contributed by atoms with Gasteiger partial charge in [-0.15, -0.1) is 0 Å². The molecule has 4 amide bonds. The standard InChI is InChI=1S/C22H25FN4O5/c23-16-9-14-15(22(31)27(21(14)30)17-1-2-19(28)25-20(17)29)10-18(16)26-7-4-12(5-8-26)32-13-3-6-24-11-13/h9-10,12-13,17,24H,1-8,11H2,(H,25,28,29)/t13-,17?/m0/s1. The third kappa shape index (κ3) is 3.67. The van der Waals surface area contributed by atoms with Crippen LogP contribution in [0.1, 0.15) is 52.8 Å². The molecule has 0 spiro atoms. The second-order valence-electron chi connectivity index (χ2n) is 8.73. The second kappa shape index (κ2) is 8.25. The van der Waals surface area contributed by atoms with E-state index in [0.29, 0.717) is 13.1 Å². The number of piperidine rings is 2. The summed E-state index contributed by atoms with van der Waals surface area (Å²) in [4.78, 5) is 52.1. The minimum Gasteiger partial charge on any atom is -0.373 e. The molecule has 4 aliphatic rings. The summed E-state index contributed by atoms with van der Waals surface area (Å²) < 4.78 is 21.1. The zero-order chi connectivity index (χ0) is 22.4. The van der Waals surface area contributed by atoms with Gasteiger partial charge in [0, 0.05) is 26.1 Å². The number of amides is 4. The Hall–Kier alpha value is -2.85. The molecule has 4 heterocycles. The van der Waals surface area contributed by atoms with Gasteiger partial charge in [0.05, 0.1) is 29.0 Å². The Morgan fingerprint density at radius 1 is 0.938 bits per heavy atom. The molecule has 32 heavy (non-hydrogen) atoms. The van der Waals surface area contributed by atoms with Crippen LogP contribution in [0.3, 0.4) is 0 Å². The zero-order valence-electron chi connectivity index (χ0n) is 17.6. The molecular weight excluding hydrogens is 419 g/mol. The molecule has 0 radical (unpaired) electrons. The molecule has 3 saturated heterocycles. The van der Waals surface area contributed by atoms with Gasteiger partial charge in [-0.25, -0.2) is 4.39 Å². The van der Waals surface area contributed by atoms with Crippen LogP contribution in [0.25, 0.3) is 0 Å². The van der Waals surface area contributed by atoms with E-state index in [-0.39, 0.29) is 41.9 Å². The summed E-state index contributed by atoms with van der Waals surface area (Å²) in [6, 6.07) is 1.44. The van der Waals surface area contributed by atoms with Crippen molar-refractivity contribution in [2.75, 3.05) is 31.1 Å². The first-order valence-corrected chi connectivity index (χ1v) is 11.1. The maximum absolute atomic E-state index is 15.0. The third-order valence-corrected chi connectivity index (χ3v) is 6.69. The number of carbonyl (C=O) groups excluding carboxylic acids is 4. The average molecular weight is 444 g/mol. The number of anilines is 1. The molecule has 3 fully saturated rings. The lowest BCUT2D eigenvalue weighted by atomic mass is 10.0. The van der Waals surface area contributed by atoms with E-state index in [9.17, 15) is 23.6 Å². The largest absolute Gasteiger partial charge is 0.373 e. The molecule has 2 N–H and O–H groups in total. The van der Waals surface area contributed by atoms with Gasteiger partial charge in [0.1, 0.15) is 11.9 Å². The number of rotatable bonds is 4. The molecule has 170 valence electrons. The maximum Gasteiger partial charge on any atom is 0.262 e. The van der Waals surface area contributed by atoms with E-state index < -0.39 is 35.5 Å². The Morgan fingerprint density at radius 2 is 1.66 bits per heavy atom. The minimum atomic E-state index is -1.07. The summed E-state index contributed by atoms with van der Waals surface area (Å²) >= 11 is 0. The van der Waals surface area contributed by atoms with Crippen LogP contribution in [0.4, 0.5) is 10.1 Å². The molecule has 5 rings (SSSR count). The van der Waals surface area contributed by atoms with E-state index in [1.807, 2.05) is 4.90 Å². The molecule has 0 aliphatic carbocycles. The fraction of sp³-hybridized carbons (Fsp3) is 0.545. The van der Waals surface area contributed by atoms with Crippen LogP contribution in [-0.2, 0) is 14.3 Å². The predicted molar refractivity (Wildman–Crippen MR) is 111 cm³/mol. The number of nitrogens with one attached hydrogen (secondary N) is 2. The van der Waals surface area contributed by atoms with Crippen LogP contribution in [0.5, 0.6) is 0 Å². The van der Waals surface area contributed by atoms with E-state index in [0.717, 1.165) is 43.3 Å². The Balaban J connectivity index is 1.31. The number of imide groups is 2. The molecule has 1 aromatic rings. The van der Waals surface area contributed by atoms with Crippen molar-refractivity contribution in [3.8, 4) is 0 Å². The number of nitrogens with zero attached hydrogens (tertiary/aromatic N) is 2. The van der Waals surface area contributed by atoms with Gasteiger partial charge < -0.3 is 15.0 Å². The SMILES string of the molecule is O=C1CCC(N2C(=O)c3cc(F)c(N4CCC(O[C@H]5CCNC5)CC4)cc3C2=O)C(=O)N1. The normalized spacial score (nSPS) is 26.7. The Kier molecular flexibility index (Phi) is 5.42. The molecule has 9 nitrogen and oxygen atoms in total. The second-order valence-corrected chi connectivity index (χ2v) is 8.73. The van der Waals surface area contributed by atoms with E-state index in [2.05, 4.69) is 10.6 Å². The summed E-state index contributed by atoms with van der Waals surface area (Å²) in [5.41, 5.74) is 0.315. The summed E-state index contributed by atoms with van der Waals surface area (Å²) in [5, 5.41) is 5.43. The highest BCUT2D eigenvalue weighted by molar-refractivity contribution is 6.23. The van der Waals surface area contributed by atoms with E-state index in [1.54, 1.807) is 0 Å². The highest BCUT2D eigenvalue weighted by atomic mass is 19.1. The Morgan fingerprint density at radius 3 is 2.31 bits per heavy atom. The lowest BCUT2D eigenvalue weighted by molar-refractivity contribution is -0.136. The highest BCUT2D eigenvalue weighted by Gasteiger charge is 2.45. The first-order valence-electron chi connectivity index (χ1n) is 11.1. The van der Waals surface area contributed by atoms with Crippen molar-refractivity contribution >= 4 is 29.3 Å². The van der Waals surface area contributed by atoms with Crippen LogP contribution in [0, 0.1) is 5.82 Å². The molecule has 0 aromatic heterocycles. The predicted octanol–water partition coefficient (Wildman–Crippen LogP) is 0.574. The summed E-state index contributed by atoms with van der Waals surface area (Å²) in [6.45, 7) is 2.99. The van der Waals surface area contributed by atoms with E-state index in [1.165, 1.54) is 6.07 Å².